The summed E-state index contributed by atoms with van der Waals surface area (Å²) < 4.78 is 12.3. The highest BCUT2D eigenvalue weighted by molar-refractivity contribution is 6.09. The predicted molar refractivity (Wildman–Crippen MR) is 205 cm³/mol. The highest BCUT2D eigenvalue weighted by Crippen LogP contribution is 2.32. The normalized spacial score (nSPS) is 17.2. The maximum atomic E-state index is 13.5. The molecule has 2 unspecified atom stereocenters. The Morgan fingerprint density at radius 3 is 1.38 bits per heavy atom. The molecule has 0 radical (unpaired) electrons. The Bertz CT molecular complexity index is 860. The van der Waals surface area contributed by atoms with Crippen LogP contribution in [0.1, 0.15) is 175 Å². The lowest BCUT2D eigenvalue weighted by Gasteiger charge is -2.28. The molecule has 48 heavy (non-hydrogen) atoms. The van der Waals surface area contributed by atoms with Gasteiger partial charge in [-0.1, -0.05) is 127 Å². The number of carbonyl (C=O) groups is 2. The zero-order valence-electron chi connectivity index (χ0n) is 32.0. The van der Waals surface area contributed by atoms with Crippen LogP contribution in [-0.2, 0) is 19.1 Å². The molecular formula is C43H75NO4. The molecule has 0 spiro atoms. The van der Waals surface area contributed by atoms with Crippen LogP contribution < -0.4 is 0 Å². The van der Waals surface area contributed by atoms with Crippen molar-refractivity contribution in [1.29, 1.82) is 0 Å². The fourth-order valence-corrected chi connectivity index (χ4v) is 6.02. The van der Waals surface area contributed by atoms with Crippen LogP contribution in [0, 0.1) is 0 Å². The summed E-state index contributed by atoms with van der Waals surface area (Å²) in [5.41, 5.74) is 0. The minimum atomic E-state index is -1.71. The number of allylic oxidation sites excluding steroid dienone is 8. The predicted octanol–water partition coefficient (Wildman–Crippen LogP) is 11.8. The summed E-state index contributed by atoms with van der Waals surface area (Å²) in [7, 11) is 3.98. The number of likely N-dealkylation sites (N-methyl/N-ethyl adjacent to an activating group) is 1. The van der Waals surface area contributed by atoms with E-state index in [4.69, 9.17) is 9.47 Å². The summed E-state index contributed by atoms with van der Waals surface area (Å²) in [5.74, 6) is -2.08. The van der Waals surface area contributed by atoms with E-state index in [1.165, 1.54) is 64.2 Å². The molecule has 5 nitrogen and oxygen atoms in total. The number of hydrogen-bond acceptors (Lipinski definition) is 5. The molecule has 5 heteroatoms. The van der Waals surface area contributed by atoms with Gasteiger partial charge in [-0.3, -0.25) is 9.59 Å². The number of Topliss-reactive ketones (excluding diaryl/α,β-unsaturated/α-hetero) is 2. The van der Waals surface area contributed by atoms with Gasteiger partial charge in [-0.15, -0.1) is 0 Å². The van der Waals surface area contributed by atoms with Crippen LogP contribution in [-0.4, -0.2) is 55.1 Å². The van der Waals surface area contributed by atoms with Crippen molar-refractivity contribution in [3.05, 3.63) is 48.6 Å². The van der Waals surface area contributed by atoms with Crippen molar-refractivity contribution in [2.75, 3.05) is 20.7 Å². The fourth-order valence-electron chi connectivity index (χ4n) is 6.02. The summed E-state index contributed by atoms with van der Waals surface area (Å²) in [5, 5.41) is 0. The van der Waals surface area contributed by atoms with E-state index in [1.54, 1.807) is 0 Å². The summed E-state index contributed by atoms with van der Waals surface area (Å²) in [6, 6.07) is 0.0548. The van der Waals surface area contributed by atoms with E-state index in [2.05, 4.69) is 74.3 Å². The van der Waals surface area contributed by atoms with E-state index in [9.17, 15) is 9.59 Å². The lowest BCUT2D eigenvalue weighted by molar-refractivity contribution is -0.193. The first-order valence-electron chi connectivity index (χ1n) is 20.0. The molecule has 276 valence electrons. The second kappa shape index (κ2) is 30.0. The van der Waals surface area contributed by atoms with Gasteiger partial charge < -0.3 is 14.4 Å². The third kappa shape index (κ3) is 20.6. The molecule has 1 fully saturated rings. The molecule has 0 aromatic heterocycles. The second-order valence-electron chi connectivity index (χ2n) is 14.1. The summed E-state index contributed by atoms with van der Waals surface area (Å²) in [4.78, 5) is 29.1. The Morgan fingerprint density at radius 1 is 0.604 bits per heavy atom. The SMILES string of the molecule is CCCCC/C=C\C/C=C\CCCCCCCC(=O)C1(C(=O)CCCCCCC/C=C\C/C=C\CCCCC)OCC(C(C)N(C)C)O1. The summed E-state index contributed by atoms with van der Waals surface area (Å²) >= 11 is 0. The first kappa shape index (κ1) is 44.2. The topological polar surface area (TPSA) is 55.8 Å². The fraction of sp³-hybridized carbons (Fsp3) is 0.767. The number of nitrogens with zero attached hydrogens (tertiary/aromatic N) is 1. The molecule has 1 heterocycles. The Morgan fingerprint density at radius 2 is 0.979 bits per heavy atom. The number of ether oxygens (including phenoxy) is 2. The van der Waals surface area contributed by atoms with Crippen LogP contribution in [0.2, 0.25) is 0 Å². The Balaban J connectivity index is 2.35. The molecule has 2 atom stereocenters. The molecule has 0 aromatic carbocycles. The summed E-state index contributed by atoms with van der Waals surface area (Å²) in [6.07, 6.45) is 43.6. The number of hydrogen-bond donors (Lipinski definition) is 0. The molecule has 1 rings (SSSR count). The van der Waals surface area contributed by atoms with Crippen molar-refractivity contribution in [2.24, 2.45) is 0 Å². The van der Waals surface area contributed by atoms with Crippen LogP contribution in [0.5, 0.6) is 0 Å². The van der Waals surface area contributed by atoms with Crippen molar-refractivity contribution in [2.45, 2.75) is 193 Å². The van der Waals surface area contributed by atoms with Crippen molar-refractivity contribution in [1.82, 2.24) is 4.90 Å². The lowest BCUT2D eigenvalue weighted by Crippen LogP contribution is -2.49. The van der Waals surface area contributed by atoms with Gasteiger partial charge in [0, 0.05) is 18.9 Å². The summed E-state index contributed by atoms with van der Waals surface area (Å²) in [6.45, 7) is 6.82. The molecule has 0 aromatic rings. The van der Waals surface area contributed by atoms with E-state index in [1.807, 2.05) is 14.1 Å². The Hall–Kier alpha value is -1.82. The molecule has 0 amide bonds. The minimum absolute atomic E-state index is 0.0548. The number of carbonyl (C=O) groups excluding carboxylic acids is 2. The van der Waals surface area contributed by atoms with Crippen LogP contribution in [0.3, 0.4) is 0 Å². The maximum absolute atomic E-state index is 13.5. The van der Waals surface area contributed by atoms with Crippen LogP contribution in [0.25, 0.3) is 0 Å². The zero-order valence-corrected chi connectivity index (χ0v) is 32.0. The smallest absolute Gasteiger partial charge is 0.290 e. The molecule has 1 aliphatic heterocycles. The molecule has 0 aliphatic carbocycles. The van der Waals surface area contributed by atoms with E-state index in [-0.39, 0.29) is 30.3 Å². The van der Waals surface area contributed by atoms with Crippen molar-refractivity contribution in [3.8, 4) is 0 Å². The first-order chi connectivity index (χ1) is 23.4. The van der Waals surface area contributed by atoms with E-state index in [0.29, 0.717) is 12.8 Å². The van der Waals surface area contributed by atoms with Crippen molar-refractivity contribution < 1.29 is 19.1 Å². The molecule has 0 N–H and O–H groups in total. The number of rotatable bonds is 32. The average Bonchev–Trinajstić information content (AvgIpc) is 3.54. The van der Waals surface area contributed by atoms with Crippen LogP contribution in [0.4, 0.5) is 0 Å². The van der Waals surface area contributed by atoms with E-state index >= 15 is 0 Å². The van der Waals surface area contributed by atoms with Gasteiger partial charge in [0.1, 0.15) is 6.10 Å². The third-order valence-corrected chi connectivity index (χ3v) is 9.56. The molecule has 1 aliphatic rings. The maximum Gasteiger partial charge on any atom is 0.290 e. The molecule has 0 saturated carbocycles. The van der Waals surface area contributed by atoms with Crippen molar-refractivity contribution >= 4 is 11.6 Å². The number of ketones is 2. The van der Waals surface area contributed by atoms with Gasteiger partial charge in [-0.25, -0.2) is 0 Å². The Kier molecular flexibility index (Phi) is 27.7. The second-order valence-corrected chi connectivity index (χ2v) is 14.1. The van der Waals surface area contributed by atoms with Gasteiger partial charge in [-0.2, -0.15) is 0 Å². The van der Waals surface area contributed by atoms with E-state index < -0.39 is 5.79 Å². The third-order valence-electron chi connectivity index (χ3n) is 9.56. The number of unbranched alkanes of at least 4 members (excludes halogenated alkanes) is 16. The van der Waals surface area contributed by atoms with Gasteiger partial charge in [0.2, 0.25) is 0 Å². The average molecular weight is 670 g/mol. The zero-order chi connectivity index (χ0) is 35.1. The first-order valence-corrected chi connectivity index (χ1v) is 20.0. The van der Waals surface area contributed by atoms with Gasteiger partial charge in [0.25, 0.3) is 5.79 Å². The highest BCUT2D eigenvalue weighted by atomic mass is 16.8. The van der Waals surface area contributed by atoms with Crippen LogP contribution >= 0.6 is 0 Å². The molecular weight excluding hydrogens is 594 g/mol. The van der Waals surface area contributed by atoms with Gasteiger partial charge >= 0.3 is 0 Å². The quantitative estimate of drug-likeness (QED) is 0.0405. The lowest BCUT2D eigenvalue weighted by atomic mass is 9.96. The standard InChI is InChI=1S/C43H75NO4/c1-6-8-10-12-14-16-18-20-22-24-26-28-30-32-34-36-41(45)43(47-38-40(48-43)39(3)44(4)5)42(46)37-35-33-31-29-27-25-23-21-19-17-15-13-11-9-7-2/h14-17,20-23,39-40H,6-13,18-19,24-38H2,1-5H3/b16-14-,17-15-,22-20-,23-21-. The minimum Gasteiger partial charge on any atom is -0.335 e. The largest absolute Gasteiger partial charge is 0.335 e. The van der Waals surface area contributed by atoms with Crippen LogP contribution in [0.15, 0.2) is 48.6 Å². The van der Waals surface area contributed by atoms with Crippen molar-refractivity contribution in [3.63, 3.8) is 0 Å². The molecule has 0 bridgehead atoms. The van der Waals surface area contributed by atoms with Gasteiger partial charge in [0.05, 0.1) is 6.61 Å². The van der Waals surface area contributed by atoms with Gasteiger partial charge in [0.15, 0.2) is 11.6 Å². The Labute approximate surface area is 297 Å². The monoisotopic (exact) mass is 670 g/mol. The highest BCUT2D eigenvalue weighted by Gasteiger charge is 2.54. The molecule has 1 saturated heterocycles. The van der Waals surface area contributed by atoms with E-state index in [0.717, 1.165) is 77.0 Å². The van der Waals surface area contributed by atoms with Gasteiger partial charge in [-0.05, 0) is 98.1 Å².